The molecule has 2 rings (SSSR count). The van der Waals surface area contributed by atoms with Gasteiger partial charge in [-0.3, -0.25) is 4.79 Å². The van der Waals surface area contributed by atoms with E-state index in [2.05, 4.69) is 16.0 Å². The van der Waals surface area contributed by atoms with Crippen LogP contribution in [0.15, 0.2) is 24.3 Å². The molecule has 1 saturated carbocycles. The van der Waals surface area contributed by atoms with E-state index in [0.29, 0.717) is 32.0 Å². The molecule has 0 aromatic heterocycles. The highest BCUT2D eigenvalue weighted by Gasteiger charge is 2.22. The van der Waals surface area contributed by atoms with Crippen LogP contribution in [0.3, 0.4) is 0 Å². The van der Waals surface area contributed by atoms with Gasteiger partial charge < -0.3 is 21.1 Å². The quantitative estimate of drug-likeness (QED) is 0.541. The van der Waals surface area contributed by atoms with Gasteiger partial charge in [-0.05, 0) is 37.0 Å². The van der Waals surface area contributed by atoms with E-state index < -0.39 is 5.97 Å². The van der Waals surface area contributed by atoms with Gasteiger partial charge in [-0.15, -0.1) is 0 Å². The third-order valence-corrected chi connectivity index (χ3v) is 3.46. The second-order valence-corrected chi connectivity index (χ2v) is 5.56. The van der Waals surface area contributed by atoms with Crippen molar-refractivity contribution < 1.29 is 19.5 Å². The second kappa shape index (κ2) is 8.17. The third kappa shape index (κ3) is 6.37. The highest BCUT2D eigenvalue weighted by molar-refractivity contribution is 5.87. The molecule has 0 saturated heterocycles. The highest BCUT2D eigenvalue weighted by Crippen LogP contribution is 2.18. The monoisotopic (exact) mass is 319 g/mol. The van der Waals surface area contributed by atoms with E-state index in [1.807, 2.05) is 0 Å². The summed E-state index contributed by atoms with van der Waals surface area (Å²) in [4.78, 5) is 33.8. The lowest BCUT2D eigenvalue weighted by Gasteiger charge is -2.08. The minimum absolute atomic E-state index is 0.0354. The average molecular weight is 319 g/mol. The molecule has 124 valence electrons. The standard InChI is InChI=1S/C16H21N3O4/c20-14(19-13-7-8-13)2-1-9-17-16(23)18-10-11-3-5-12(6-4-11)15(21)22/h3-6,13H,1-2,7-10H2,(H,19,20)(H,21,22)(H2,17,18,23). The molecule has 23 heavy (non-hydrogen) atoms. The number of rotatable bonds is 8. The number of urea groups is 1. The number of carboxylic acids is 1. The molecule has 1 aromatic rings. The normalized spacial score (nSPS) is 13.2. The smallest absolute Gasteiger partial charge is 0.335 e. The number of hydrogen-bond acceptors (Lipinski definition) is 3. The summed E-state index contributed by atoms with van der Waals surface area (Å²) < 4.78 is 0. The molecule has 0 bridgehead atoms. The van der Waals surface area contributed by atoms with Crippen LogP contribution in [0.5, 0.6) is 0 Å². The van der Waals surface area contributed by atoms with E-state index in [-0.39, 0.29) is 17.5 Å². The van der Waals surface area contributed by atoms with Crippen molar-refractivity contribution in [1.82, 2.24) is 16.0 Å². The average Bonchev–Trinajstić information content (AvgIpc) is 3.34. The molecule has 0 unspecified atom stereocenters. The fourth-order valence-corrected chi connectivity index (χ4v) is 1.99. The zero-order chi connectivity index (χ0) is 16.7. The molecular weight excluding hydrogens is 298 g/mol. The van der Waals surface area contributed by atoms with E-state index in [0.717, 1.165) is 18.4 Å². The summed E-state index contributed by atoms with van der Waals surface area (Å²) in [5.74, 6) is -0.943. The number of hydrogen-bond donors (Lipinski definition) is 4. The van der Waals surface area contributed by atoms with Crippen LogP contribution >= 0.6 is 0 Å². The zero-order valence-electron chi connectivity index (χ0n) is 12.8. The topological polar surface area (TPSA) is 108 Å². The summed E-state index contributed by atoms with van der Waals surface area (Å²) in [5, 5.41) is 17.1. The van der Waals surface area contributed by atoms with Crippen LogP contribution in [-0.4, -0.2) is 35.6 Å². The van der Waals surface area contributed by atoms with Crippen LogP contribution in [-0.2, 0) is 11.3 Å². The molecule has 4 N–H and O–H groups in total. The van der Waals surface area contributed by atoms with Crippen molar-refractivity contribution in [1.29, 1.82) is 0 Å². The van der Waals surface area contributed by atoms with Crippen LogP contribution in [0.25, 0.3) is 0 Å². The van der Waals surface area contributed by atoms with E-state index in [1.165, 1.54) is 12.1 Å². The molecule has 7 nitrogen and oxygen atoms in total. The van der Waals surface area contributed by atoms with Crippen LogP contribution in [0.4, 0.5) is 4.79 Å². The van der Waals surface area contributed by atoms with Crippen molar-refractivity contribution in [3.05, 3.63) is 35.4 Å². The first kappa shape index (κ1) is 16.8. The molecule has 0 spiro atoms. The van der Waals surface area contributed by atoms with Gasteiger partial charge in [0.15, 0.2) is 0 Å². The lowest BCUT2D eigenvalue weighted by molar-refractivity contribution is -0.121. The predicted molar refractivity (Wildman–Crippen MR) is 84.0 cm³/mol. The molecule has 1 aliphatic carbocycles. The first-order valence-electron chi connectivity index (χ1n) is 7.68. The molecule has 0 radical (unpaired) electrons. The predicted octanol–water partition coefficient (Wildman–Crippen LogP) is 1.24. The van der Waals surface area contributed by atoms with Gasteiger partial charge in [0.05, 0.1) is 5.56 Å². The molecule has 1 aliphatic rings. The number of carbonyl (C=O) groups is 3. The van der Waals surface area contributed by atoms with Gasteiger partial charge in [0, 0.05) is 25.6 Å². The number of carboxylic acid groups (broad SMARTS) is 1. The maximum Gasteiger partial charge on any atom is 0.335 e. The van der Waals surface area contributed by atoms with Gasteiger partial charge in [-0.25, -0.2) is 9.59 Å². The van der Waals surface area contributed by atoms with Crippen molar-refractivity contribution in [2.45, 2.75) is 38.3 Å². The molecule has 0 atom stereocenters. The van der Waals surface area contributed by atoms with Gasteiger partial charge in [0.1, 0.15) is 0 Å². The molecule has 0 heterocycles. The molecule has 7 heteroatoms. The first-order valence-corrected chi connectivity index (χ1v) is 7.68. The van der Waals surface area contributed by atoms with E-state index in [1.54, 1.807) is 12.1 Å². The zero-order valence-corrected chi connectivity index (χ0v) is 12.8. The maximum absolute atomic E-state index is 11.6. The number of aromatic carboxylic acids is 1. The van der Waals surface area contributed by atoms with Crippen LogP contribution in [0, 0.1) is 0 Å². The van der Waals surface area contributed by atoms with Gasteiger partial charge in [0.25, 0.3) is 0 Å². The van der Waals surface area contributed by atoms with E-state index in [4.69, 9.17) is 5.11 Å². The van der Waals surface area contributed by atoms with Crippen molar-refractivity contribution in [2.24, 2.45) is 0 Å². The van der Waals surface area contributed by atoms with Crippen molar-refractivity contribution in [3.63, 3.8) is 0 Å². The minimum atomic E-state index is -0.979. The third-order valence-electron chi connectivity index (χ3n) is 3.46. The molecule has 1 fully saturated rings. The Balaban J connectivity index is 1.57. The lowest BCUT2D eigenvalue weighted by atomic mass is 10.1. The number of nitrogens with one attached hydrogen (secondary N) is 3. The lowest BCUT2D eigenvalue weighted by Crippen LogP contribution is -2.36. The summed E-state index contributed by atoms with van der Waals surface area (Å²) in [5.41, 5.74) is 1.02. The Bertz CT molecular complexity index is 567. The Morgan fingerprint density at radius 3 is 2.39 bits per heavy atom. The number of benzene rings is 1. The Labute approximate surface area is 134 Å². The maximum atomic E-state index is 11.6. The second-order valence-electron chi connectivity index (χ2n) is 5.56. The molecule has 1 aromatic carbocycles. The van der Waals surface area contributed by atoms with E-state index in [9.17, 15) is 14.4 Å². The summed E-state index contributed by atoms with van der Waals surface area (Å²) in [7, 11) is 0. The van der Waals surface area contributed by atoms with Gasteiger partial charge in [-0.2, -0.15) is 0 Å². The summed E-state index contributed by atoms with van der Waals surface area (Å²) in [6, 6.07) is 6.37. The highest BCUT2D eigenvalue weighted by atomic mass is 16.4. The largest absolute Gasteiger partial charge is 0.478 e. The Morgan fingerprint density at radius 2 is 1.78 bits per heavy atom. The van der Waals surface area contributed by atoms with Crippen molar-refractivity contribution in [3.8, 4) is 0 Å². The van der Waals surface area contributed by atoms with Crippen molar-refractivity contribution in [2.75, 3.05) is 6.54 Å². The van der Waals surface area contributed by atoms with Crippen molar-refractivity contribution >= 4 is 17.9 Å². The molecule has 0 aliphatic heterocycles. The first-order chi connectivity index (χ1) is 11.0. The number of amides is 3. The van der Waals surface area contributed by atoms with Crippen LogP contribution in [0.2, 0.25) is 0 Å². The van der Waals surface area contributed by atoms with E-state index >= 15 is 0 Å². The molecule has 3 amide bonds. The summed E-state index contributed by atoms with van der Waals surface area (Å²) in [6.07, 6.45) is 3.15. The van der Waals surface area contributed by atoms with Gasteiger partial charge >= 0.3 is 12.0 Å². The fraction of sp³-hybridized carbons (Fsp3) is 0.438. The fourth-order valence-electron chi connectivity index (χ4n) is 1.99. The summed E-state index contributed by atoms with van der Waals surface area (Å²) >= 11 is 0. The summed E-state index contributed by atoms with van der Waals surface area (Å²) in [6.45, 7) is 0.746. The van der Waals surface area contributed by atoms with Gasteiger partial charge in [0.2, 0.25) is 5.91 Å². The number of carbonyl (C=O) groups excluding carboxylic acids is 2. The van der Waals surface area contributed by atoms with Gasteiger partial charge in [-0.1, -0.05) is 12.1 Å². The molecular formula is C16H21N3O4. The van der Waals surface area contributed by atoms with Crippen LogP contribution < -0.4 is 16.0 Å². The van der Waals surface area contributed by atoms with Crippen LogP contribution in [0.1, 0.15) is 41.6 Å². The minimum Gasteiger partial charge on any atom is -0.478 e. The SMILES string of the molecule is O=C(CCCNC(=O)NCc1ccc(C(=O)O)cc1)NC1CC1. The Hall–Kier alpha value is -2.57. The Morgan fingerprint density at radius 1 is 1.09 bits per heavy atom. The Kier molecular flexibility index (Phi) is 5.96.